The number of allylic oxidation sites excluding steroid dienone is 2. The van der Waals surface area contributed by atoms with E-state index >= 15 is 0 Å². The summed E-state index contributed by atoms with van der Waals surface area (Å²) in [5, 5.41) is 3.40. The molecule has 3 aliphatic rings. The first-order valence-corrected chi connectivity index (χ1v) is 6.25. The average molecular weight is 217 g/mol. The summed E-state index contributed by atoms with van der Waals surface area (Å²) in [5.41, 5.74) is 0. The highest BCUT2D eigenvalue weighted by molar-refractivity contribution is 5.66. The van der Waals surface area contributed by atoms with E-state index in [2.05, 4.69) is 45.7 Å². The average Bonchev–Trinajstić information content (AvgIpc) is 2.74. The van der Waals surface area contributed by atoms with Gasteiger partial charge in [-0.15, -0.1) is 0 Å². The SMILES string of the molecule is C1=CC2N=CC(CN3CCNCC3)C2C=C1. The number of aliphatic imine (C=N–C) groups is 1. The van der Waals surface area contributed by atoms with Crippen LogP contribution < -0.4 is 5.32 Å². The Morgan fingerprint density at radius 1 is 1.19 bits per heavy atom. The number of hydrogen-bond donors (Lipinski definition) is 1. The summed E-state index contributed by atoms with van der Waals surface area (Å²) >= 11 is 0. The molecule has 2 heterocycles. The van der Waals surface area contributed by atoms with Crippen molar-refractivity contribution in [3.8, 4) is 0 Å². The predicted molar refractivity (Wildman–Crippen MR) is 66.8 cm³/mol. The van der Waals surface area contributed by atoms with E-state index in [1.807, 2.05) is 0 Å². The molecular formula is C13H19N3. The molecule has 1 aliphatic carbocycles. The molecule has 3 unspecified atom stereocenters. The quantitative estimate of drug-likeness (QED) is 0.737. The predicted octanol–water partition coefficient (Wildman–Crippen LogP) is 0.703. The molecule has 0 saturated carbocycles. The van der Waals surface area contributed by atoms with Crippen molar-refractivity contribution in [1.82, 2.24) is 10.2 Å². The van der Waals surface area contributed by atoms with Gasteiger partial charge in [0.2, 0.25) is 0 Å². The number of rotatable bonds is 2. The van der Waals surface area contributed by atoms with Crippen LogP contribution in [0, 0.1) is 11.8 Å². The minimum Gasteiger partial charge on any atom is -0.314 e. The summed E-state index contributed by atoms with van der Waals surface area (Å²) < 4.78 is 0. The summed E-state index contributed by atoms with van der Waals surface area (Å²) in [6.45, 7) is 5.80. The van der Waals surface area contributed by atoms with Crippen molar-refractivity contribution in [2.24, 2.45) is 16.8 Å². The van der Waals surface area contributed by atoms with Gasteiger partial charge in [-0.05, 0) is 0 Å². The van der Waals surface area contributed by atoms with E-state index in [4.69, 9.17) is 0 Å². The molecule has 1 saturated heterocycles. The summed E-state index contributed by atoms with van der Waals surface area (Å²) in [5.74, 6) is 1.23. The molecule has 1 fully saturated rings. The van der Waals surface area contributed by atoms with Crippen LogP contribution in [-0.4, -0.2) is 49.9 Å². The first-order chi connectivity index (χ1) is 7.93. The maximum Gasteiger partial charge on any atom is 0.0748 e. The molecule has 86 valence electrons. The first kappa shape index (κ1) is 10.2. The standard InChI is InChI=1S/C13H19N3/c1-2-4-13-12(3-1)11(9-15-13)10-16-7-5-14-6-8-16/h1-4,9,11-14H,5-8,10H2. The van der Waals surface area contributed by atoms with Gasteiger partial charge in [-0.2, -0.15) is 0 Å². The molecule has 0 aromatic carbocycles. The fraction of sp³-hybridized carbons (Fsp3) is 0.615. The lowest BCUT2D eigenvalue weighted by Crippen LogP contribution is -2.46. The van der Waals surface area contributed by atoms with Crippen molar-refractivity contribution >= 4 is 6.21 Å². The fourth-order valence-electron chi connectivity index (χ4n) is 2.83. The van der Waals surface area contributed by atoms with Gasteiger partial charge >= 0.3 is 0 Å². The zero-order valence-electron chi connectivity index (χ0n) is 9.55. The van der Waals surface area contributed by atoms with Crippen LogP contribution in [0.1, 0.15) is 0 Å². The van der Waals surface area contributed by atoms with Crippen molar-refractivity contribution in [3.05, 3.63) is 24.3 Å². The molecule has 3 nitrogen and oxygen atoms in total. The third kappa shape index (κ3) is 1.97. The summed E-state index contributed by atoms with van der Waals surface area (Å²) in [6, 6.07) is 0.415. The topological polar surface area (TPSA) is 27.6 Å². The lowest BCUT2D eigenvalue weighted by molar-refractivity contribution is 0.213. The van der Waals surface area contributed by atoms with Gasteiger partial charge in [0.15, 0.2) is 0 Å². The maximum absolute atomic E-state index is 4.60. The van der Waals surface area contributed by atoms with Crippen LogP contribution in [-0.2, 0) is 0 Å². The molecule has 1 N–H and O–H groups in total. The van der Waals surface area contributed by atoms with Crippen molar-refractivity contribution < 1.29 is 0 Å². The van der Waals surface area contributed by atoms with Gasteiger partial charge in [-0.25, -0.2) is 0 Å². The molecule has 16 heavy (non-hydrogen) atoms. The first-order valence-electron chi connectivity index (χ1n) is 6.25. The van der Waals surface area contributed by atoms with E-state index in [9.17, 15) is 0 Å². The molecule has 3 heteroatoms. The summed E-state index contributed by atoms with van der Waals surface area (Å²) in [7, 11) is 0. The fourth-order valence-corrected chi connectivity index (χ4v) is 2.83. The van der Waals surface area contributed by atoms with Crippen LogP contribution in [0.3, 0.4) is 0 Å². The molecule has 0 spiro atoms. The van der Waals surface area contributed by atoms with Crippen LogP contribution >= 0.6 is 0 Å². The van der Waals surface area contributed by atoms with E-state index in [1.165, 1.54) is 19.6 Å². The van der Waals surface area contributed by atoms with Gasteiger partial charge in [0.1, 0.15) is 0 Å². The van der Waals surface area contributed by atoms with E-state index in [0.29, 0.717) is 17.9 Å². The Kier molecular flexibility index (Phi) is 2.89. The molecule has 0 bridgehead atoms. The van der Waals surface area contributed by atoms with Crippen LogP contribution in [0.25, 0.3) is 0 Å². The highest BCUT2D eigenvalue weighted by Gasteiger charge is 2.31. The van der Waals surface area contributed by atoms with Gasteiger partial charge in [-0.3, -0.25) is 4.99 Å². The molecule has 3 rings (SSSR count). The number of fused-ring (bicyclic) bond motifs is 1. The van der Waals surface area contributed by atoms with Crippen LogP contribution in [0.4, 0.5) is 0 Å². The zero-order valence-corrected chi connectivity index (χ0v) is 9.55. The number of nitrogens with one attached hydrogen (secondary N) is 1. The summed E-state index contributed by atoms with van der Waals surface area (Å²) in [4.78, 5) is 7.16. The Morgan fingerprint density at radius 3 is 2.88 bits per heavy atom. The van der Waals surface area contributed by atoms with E-state index < -0.39 is 0 Å². The monoisotopic (exact) mass is 217 g/mol. The van der Waals surface area contributed by atoms with Crippen molar-refractivity contribution in [1.29, 1.82) is 0 Å². The molecule has 0 radical (unpaired) electrons. The van der Waals surface area contributed by atoms with Gasteiger partial charge < -0.3 is 10.2 Å². The highest BCUT2D eigenvalue weighted by atomic mass is 15.2. The third-order valence-corrected chi connectivity index (χ3v) is 3.77. The van der Waals surface area contributed by atoms with E-state index in [0.717, 1.165) is 13.1 Å². The normalized spacial score (nSPS) is 37.9. The second-order valence-electron chi connectivity index (χ2n) is 4.85. The molecular weight excluding hydrogens is 198 g/mol. The minimum atomic E-state index is 0.415. The number of hydrogen-bond acceptors (Lipinski definition) is 3. The second kappa shape index (κ2) is 4.52. The molecule has 2 aliphatic heterocycles. The Hall–Kier alpha value is -0.930. The molecule has 0 amide bonds. The minimum absolute atomic E-state index is 0.415. The largest absolute Gasteiger partial charge is 0.314 e. The lowest BCUT2D eigenvalue weighted by atomic mass is 9.86. The van der Waals surface area contributed by atoms with Crippen molar-refractivity contribution in [2.45, 2.75) is 6.04 Å². The van der Waals surface area contributed by atoms with Gasteiger partial charge in [-0.1, -0.05) is 24.3 Å². The van der Waals surface area contributed by atoms with E-state index in [-0.39, 0.29) is 0 Å². The van der Waals surface area contributed by atoms with Crippen molar-refractivity contribution in [3.63, 3.8) is 0 Å². The van der Waals surface area contributed by atoms with Gasteiger partial charge in [0.05, 0.1) is 6.04 Å². The van der Waals surface area contributed by atoms with Crippen LogP contribution in [0.15, 0.2) is 29.3 Å². The maximum atomic E-state index is 4.60. The van der Waals surface area contributed by atoms with Crippen LogP contribution in [0.5, 0.6) is 0 Å². The second-order valence-corrected chi connectivity index (χ2v) is 4.85. The van der Waals surface area contributed by atoms with Gasteiger partial charge in [0.25, 0.3) is 0 Å². The highest BCUT2D eigenvalue weighted by Crippen LogP contribution is 2.29. The molecule has 0 aromatic heterocycles. The Labute approximate surface area is 96.9 Å². The summed E-state index contributed by atoms with van der Waals surface area (Å²) in [6.07, 6.45) is 11.0. The zero-order chi connectivity index (χ0) is 10.8. The third-order valence-electron chi connectivity index (χ3n) is 3.77. The number of piperazine rings is 1. The van der Waals surface area contributed by atoms with E-state index in [1.54, 1.807) is 0 Å². The van der Waals surface area contributed by atoms with Crippen molar-refractivity contribution in [2.75, 3.05) is 32.7 Å². The Balaban J connectivity index is 1.61. The Bertz CT molecular complexity index is 326. The number of nitrogens with zero attached hydrogens (tertiary/aromatic N) is 2. The van der Waals surface area contributed by atoms with Gasteiger partial charge in [0, 0.05) is 50.8 Å². The Morgan fingerprint density at radius 2 is 2.00 bits per heavy atom. The smallest absolute Gasteiger partial charge is 0.0748 e. The van der Waals surface area contributed by atoms with Crippen LogP contribution in [0.2, 0.25) is 0 Å². The lowest BCUT2D eigenvalue weighted by Gasteiger charge is -2.31. The molecule has 3 atom stereocenters. The molecule has 0 aromatic rings.